The van der Waals surface area contributed by atoms with Crippen molar-refractivity contribution in [1.29, 1.82) is 0 Å². The van der Waals surface area contributed by atoms with Crippen LogP contribution in [0.5, 0.6) is 5.75 Å². The molecule has 32 heavy (non-hydrogen) atoms. The third kappa shape index (κ3) is 4.16. The van der Waals surface area contributed by atoms with Crippen LogP contribution in [-0.4, -0.2) is 51.7 Å². The van der Waals surface area contributed by atoms with E-state index in [0.29, 0.717) is 59.8 Å². The second-order valence-corrected chi connectivity index (χ2v) is 7.91. The van der Waals surface area contributed by atoms with Crippen LogP contribution in [0.2, 0.25) is 0 Å². The Labute approximate surface area is 182 Å². The van der Waals surface area contributed by atoms with Crippen molar-refractivity contribution in [2.75, 3.05) is 26.2 Å². The maximum Gasteiger partial charge on any atom is 0.250 e. The zero-order valence-electron chi connectivity index (χ0n) is 17.2. The highest BCUT2D eigenvalue weighted by Crippen LogP contribution is 2.28. The van der Waals surface area contributed by atoms with Gasteiger partial charge in [-0.1, -0.05) is 5.16 Å². The molecule has 7 nitrogen and oxygen atoms in total. The van der Waals surface area contributed by atoms with Crippen LogP contribution in [0.4, 0.5) is 8.78 Å². The molecule has 0 bridgehead atoms. The van der Waals surface area contributed by atoms with Gasteiger partial charge in [-0.2, -0.15) is 0 Å². The normalized spacial score (nSPS) is 17.2. The van der Waals surface area contributed by atoms with Gasteiger partial charge in [0.2, 0.25) is 0 Å². The first kappa shape index (κ1) is 20.4. The molecule has 3 aromatic heterocycles. The van der Waals surface area contributed by atoms with Gasteiger partial charge in [-0.3, -0.25) is 4.90 Å². The molecule has 1 aliphatic rings. The fraction of sp³-hybridized carbons (Fsp3) is 0.304. The molecule has 5 rings (SSSR count). The van der Waals surface area contributed by atoms with Crippen LogP contribution in [0.25, 0.3) is 27.9 Å². The lowest BCUT2D eigenvalue weighted by Crippen LogP contribution is -2.41. The number of halogens is 2. The first-order valence-electron chi connectivity index (χ1n) is 10.4. The van der Waals surface area contributed by atoms with E-state index in [1.165, 1.54) is 0 Å². The van der Waals surface area contributed by atoms with E-state index >= 15 is 0 Å². The van der Waals surface area contributed by atoms with E-state index in [1.807, 2.05) is 33.8 Å². The lowest BCUT2D eigenvalue weighted by molar-refractivity contribution is -0.0564. The van der Waals surface area contributed by atoms with E-state index in [4.69, 9.17) is 9.15 Å². The number of likely N-dealkylation sites (tertiary alicyclic amines) is 1. The van der Waals surface area contributed by atoms with Gasteiger partial charge in [0.15, 0.2) is 5.76 Å². The van der Waals surface area contributed by atoms with E-state index in [9.17, 15) is 14.0 Å². The van der Waals surface area contributed by atoms with Crippen molar-refractivity contribution in [3.63, 3.8) is 0 Å². The first-order valence-corrected chi connectivity index (χ1v) is 10.4. The van der Waals surface area contributed by atoms with E-state index in [0.717, 1.165) is 5.52 Å². The van der Waals surface area contributed by atoms with Gasteiger partial charge in [0.1, 0.15) is 29.0 Å². The molecule has 1 N–H and O–H groups in total. The van der Waals surface area contributed by atoms with Crippen LogP contribution in [-0.2, 0) is 0 Å². The summed E-state index contributed by atoms with van der Waals surface area (Å²) in [5, 5.41) is 13.9. The number of nitrogens with zero attached hydrogens (tertiary/aromatic N) is 4. The number of hydrogen-bond acceptors (Lipinski definition) is 6. The van der Waals surface area contributed by atoms with Crippen molar-refractivity contribution >= 4 is 16.5 Å². The number of piperidine rings is 1. The summed E-state index contributed by atoms with van der Waals surface area (Å²) in [6.45, 7) is 1.68. The van der Waals surface area contributed by atoms with Gasteiger partial charge in [0, 0.05) is 50.9 Å². The number of benzene rings is 1. The minimum Gasteiger partial charge on any atom is -0.492 e. The summed E-state index contributed by atoms with van der Waals surface area (Å²) in [6.07, 6.45) is 5.28. The SMILES string of the molecule is ON=c1cc(-c2cn3cccc3cn2)oc2ccc(OCCN3CCC(F)(F)CC3)cc12. The summed E-state index contributed by atoms with van der Waals surface area (Å²) in [6, 6.07) is 10.8. The van der Waals surface area contributed by atoms with Crippen molar-refractivity contribution in [3.05, 3.63) is 60.3 Å². The fourth-order valence-electron chi connectivity index (χ4n) is 3.90. The largest absolute Gasteiger partial charge is 0.492 e. The molecule has 1 saturated heterocycles. The van der Waals surface area contributed by atoms with Crippen molar-refractivity contribution in [1.82, 2.24) is 14.3 Å². The Balaban J connectivity index is 1.34. The van der Waals surface area contributed by atoms with Crippen molar-refractivity contribution in [2.24, 2.45) is 5.16 Å². The molecule has 166 valence electrons. The molecule has 0 saturated carbocycles. The Hall–Kier alpha value is -3.46. The summed E-state index contributed by atoms with van der Waals surface area (Å²) in [4.78, 5) is 6.40. The minimum absolute atomic E-state index is 0.111. The maximum atomic E-state index is 13.3. The minimum atomic E-state index is -2.55. The Morgan fingerprint density at radius 3 is 2.84 bits per heavy atom. The van der Waals surface area contributed by atoms with Gasteiger partial charge >= 0.3 is 0 Å². The van der Waals surface area contributed by atoms with E-state index in [2.05, 4.69) is 10.1 Å². The zero-order chi connectivity index (χ0) is 22.1. The molecule has 1 aliphatic heterocycles. The molecule has 0 radical (unpaired) electrons. The van der Waals surface area contributed by atoms with Gasteiger partial charge < -0.3 is 18.8 Å². The second kappa shape index (κ2) is 8.23. The molecule has 4 heterocycles. The molecule has 0 spiro atoms. The lowest BCUT2D eigenvalue weighted by Gasteiger charge is -2.31. The number of alkyl halides is 2. The van der Waals surface area contributed by atoms with E-state index in [-0.39, 0.29) is 12.8 Å². The molecule has 9 heteroatoms. The predicted octanol–water partition coefficient (Wildman–Crippen LogP) is 4.15. The summed E-state index contributed by atoms with van der Waals surface area (Å²) in [5.41, 5.74) is 2.09. The highest BCUT2D eigenvalue weighted by Gasteiger charge is 2.33. The monoisotopic (exact) mass is 440 g/mol. The standard InChI is InChI=1S/C23H22F2N4O3/c24-23(25)5-8-28(9-6-23)10-11-31-17-3-4-21-18(12-17)19(27-30)13-22(32-21)20-15-29-7-1-2-16(29)14-26-20/h1-4,7,12-15,30H,5-6,8-11H2. The first-order chi connectivity index (χ1) is 15.5. The second-order valence-electron chi connectivity index (χ2n) is 7.91. The quantitative estimate of drug-likeness (QED) is 0.373. The lowest BCUT2D eigenvalue weighted by atomic mass is 10.1. The molecule has 0 aliphatic carbocycles. The van der Waals surface area contributed by atoms with E-state index < -0.39 is 5.92 Å². The topological polar surface area (TPSA) is 75.5 Å². The highest BCUT2D eigenvalue weighted by atomic mass is 19.3. The van der Waals surface area contributed by atoms with Crippen LogP contribution in [0, 0.1) is 0 Å². The Kier molecular flexibility index (Phi) is 5.26. The molecule has 1 fully saturated rings. The Morgan fingerprint density at radius 1 is 1.19 bits per heavy atom. The van der Waals surface area contributed by atoms with Gasteiger partial charge in [0.05, 0.1) is 17.1 Å². The summed E-state index contributed by atoms with van der Waals surface area (Å²) < 4.78 is 40.3. The number of hydrogen-bond donors (Lipinski definition) is 1. The van der Waals surface area contributed by atoms with Gasteiger partial charge in [-0.15, -0.1) is 0 Å². The zero-order valence-corrected chi connectivity index (χ0v) is 17.2. The molecular weight excluding hydrogens is 418 g/mol. The van der Waals surface area contributed by atoms with Crippen LogP contribution in [0.1, 0.15) is 12.8 Å². The average molecular weight is 440 g/mol. The van der Waals surface area contributed by atoms with Crippen molar-refractivity contribution in [2.45, 2.75) is 18.8 Å². The fourth-order valence-corrected chi connectivity index (χ4v) is 3.90. The van der Waals surface area contributed by atoms with Gasteiger partial charge in [0.25, 0.3) is 5.92 Å². The molecule has 0 atom stereocenters. The molecular formula is C23H22F2N4O3. The molecule has 0 amide bonds. The van der Waals surface area contributed by atoms with Crippen molar-refractivity contribution in [3.8, 4) is 17.2 Å². The number of rotatable bonds is 5. The third-order valence-corrected chi connectivity index (χ3v) is 5.75. The summed E-state index contributed by atoms with van der Waals surface area (Å²) >= 11 is 0. The number of fused-ring (bicyclic) bond motifs is 2. The van der Waals surface area contributed by atoms with Gasteiger partial charge in [-0.05, 0) is 30.3 Å². The van der Waals surface area contributed by atoms with Crippen LogP contribution < -0.4 is 10.1 Å². The smallest absolute Gasteiger partial charge is 0.250 e. The number of aromatic nitrogens is 2. The van der Waals surface area contributed by atoms with E-state index in [1.54, 1.807) is 30.5 Å². The summed E-state index contributed by atoms with van der Waals surface area (Å²) in [5.74, 6) is -1.50. The Morgan fingerprint density at radius 2 is 2.03 bits per heavy atom. The van der Waals surface area contributed by atoms with Gasteiger partial charge in [-0.25, -0.2) is 13.8 Å². The molecule has 4 aromatic rings. The van der Waals surface area contributed by atoms with Crippen LogP contribution in [0.3, 0.4) is 0 Å². The highest BCUT2D eigenvalue weighted by molar-refractivity contribution is 5.79. The average Bonchev–Trinajstić information content (AvgIpc) is 3.27. The molecule has 1 aromatic carbocycles. The summed E-state index contributed by atoms with van der Waals surface area (Å²) in [7, 11) is 0. The van der Waals surface area contributed by atoms with Crippen LogP contribution in [0.15, 0.2) is 64.6 Å². The molecule has 0 unspecified atom stereocenters. The number of ether oxygens (including phenoxy) is 1. The van der Waals surface area contributed by atoms with Crippen molar-refractivity contribution < 1.29 is 23.1 Å². The Bertz CT molecular complexity index is 1320. The predicted molar refractivity (Wildman–Crippen MR) is 114 cm³/mol. The third-order valence-electron chi connectivity index (χ3n) is 5.75. The maximum absolute atomic E-state index is 13.3. The van der Waals surface area contributed by atoms with Crippen LogP contribution >= 0.6 is 0 Å².